The molecule has 1 heterocycles. The van der Waals surface area contributed by atoms with Crippen molar-refractivity contribution in [1.29, 1.82) is 0 Å². The summed E-state index contributed by atoms with van der Waals surface area (Å²) in [4.78, 5) is 3.96. The molecule has 0 unspecified atom stereocenters. The van der Waals surface area contributed by atoms with Crippen LogP contribution in [0.2, 0.25) is 10.2 Å². The Bertz CT molecular complexity index is 534. The number of para-hydroxylation sites is 1. The Balaban J connectivity index is 2.10. The van der Waals surface area contributed by atoms with Crippen molar-refractivity contribution in [1.82, 2.24) is 4.98 Å². The molecule has 0 bridgehead atoms. The lowest BCUT2D eigenvalue weighted by atomic mass is 10.3. The van der Waals surface area contributed by atoms with Gasteiger partial charge in [0.2, 0.25) is 0 Å². The van der Waals surface area contributed by atoms with Crippen molar-refractivity contribution in [3.8, 4) is 5.75 Å². The van der Waals surface area contributed by atoms with Gasteiger partial charge in [-0.15, -0.1) is 0 Å². The van der Waals surface area contributed by atoms with Crippen LogP contribution in [0.3, 0.4) is 0 Å². The predicted molar refractivity (Wildman–Crippen MR) is 72.7 cm³/mol. The number of ether oxygens (including phenoxy) is 1. The molecule has 0 fully saturated rings. The number of hydrogen-bond donors (Lipinski definition) is 0. The molecule has 0 aliphatic heterocycles. The van der Waals surface area contributed by atoms with Crippen LogP contribution in [0.25, 0.3) is 0 Å². The second-order valence-corrected chi connectivity index (χ2v) is 4.97. The third kappa shape index (κ3) is 3.35. The summed E-state index contributed by atoms with van der Waals surface area (Å²) in [6.45, 7) is 0.353. The average Bonchev–Trinajstić information content (AvgIpc) is 2.30. The summed E-state index contributed by atoms with van der Waals surface area (Å²) in [5.41, 5.74) is 0.798. The minimum atomic E-state index is 0.353. The summed E-state index contributed by atoms with van der Waals surface area (Å²) in [5, 5.41) is 0.927. The highest BCUT2D eigenvalue weighted by atomic mass is 79.9. The van der Waals surface area contributed by atoms with Crippen LogP contribution in [-0.4, -0.2) is 4.98 Å². The third-order valence-electron chi connectivity index (χ3n) is 2.12. The van der Waals surface area contributed by atoms with E-state index in [-0.39, 0.29) is 0 Å². The zero-order valence-corrected chi connectivity index (χ0v) is 11.8. The minimum Gasteiger partial charge on any atom is -0.488 e. The molecule has 0 N–H and O–H groups in total. The molecule has 0 atom stereocenters. The highest BCUT2D eigenvalue weighted by Crippen LogP contribution is 2.26. The van der Waals surface area contributed by atoms with Gasteiger partial charge >= 0.3 is 0 Å². The Labute approximate surface area is 118 Å². The SMILES string of the molecule is Clc1cc(Cl)c(COc2ccccc2Br)cn1. The highest BCUT2D eigenvalue weighted by Gasteiger charge is 2.05. The van der Waals surface area contributed by atoms with Gasteiger partial charge in [0.15, 0.2) is 0 Å². The lowest BCUT2D eigenvalue weighted by molar-refractivity contribution is 0.304. The number of aromatic nitrogens is 1. The van der Waals surface area contributed by atoms with E-state index in [0.717, 1.165) is 15.8 Å². The molecule has 2 rings (SSSR count). The van der Waals surface area contributed by atoms with Crippen LogP contribution < -0.4 is 4.74 Å². The first-order chi connectivity index (χ1) is 8.16. The Kier molecular flexibility index (Phi) is 4.26. The van der Waals surface area contributed by atoms with E-state index in [1.165, 1.54) is 0 Å². The first-order valence-electron chi connectivity index (χ1n) is 4.84. The molecule has 5 heteroatoms. The van der Waals surface area contributed by atoms with Crippen molar-refractivity contribution in [2.75, 3.05) is 0 Å². The highest BCUT2D eigenvalue weighted by molar-refractivity contribution is 9.10. The van der Waals surface area contributed by atoms with E-state index >= 15 is 0 Å². The average molecular weight is 333 g/mol. The summed E-state index contributed by atoms with van der Waals surface area (Å²) in [5.74, 6) is 0.763. The van der Waals surface area contributed by atoms with Crippen LogP contribution in [0, 0.1) is 0 Å². The standard InChI is InChI=1S/C12H8BrCl2NO/c13-9-3-1-2-4-11(9)17-7-8-6-16-12(15)5-10(8)14/h1-6H,7H2. The van der Waals surface area contributed by atoms with E-state index < -0.39 is 0 Å². The lowest BCUT2D eigenvalue weighted by Crippen LogP contribution is -1.97. The number of nitrogens with zero attached hydrogens (tertiary/aromatic N) is 1. The Morgan fingerprint density at radius 3 is 2.71 bits per heavy atom. The Morgan fingerprint density at radius 2 is 2.00 bits per heavy atom. The quantitative estimate of drug-likeness (QED) is 0.758. The summed E-state index contributed by atoms with van der Waals surface area (Å²) < 4.78 is 6.53. The van der Waals surface area contributed by atoms with E-state index in [0.29, 0.717) is 16.8 Å². The van der Waals surface area contributed by atoms with Crippen LogP contribution in [0.4, 0.5) is 0 Å². The molecule has 0 saturated heterocycles. The fraction of sp³-hybridized carbons (Fsp3) is 0.0833. The fourth-order valence-corrected chi connectivity index (χ4v) is 2.08. The summed E-state index contributed by atoms with van der Waals surface area (Å²) in [6, 6.07) is 9.22. The van der Waals surface area contributed by atoms with Gasteiger partial charge in [-0.25, -0.2) is 4.98 Å². The van der Waals surface area contributed by atoms with Gasteiger partial charge in [-0.2, -0.15) is 0 Å². The van der Waals surface area contributed by atoms with Gasteiger partial charge < -0.3 is 4.74 Å². The molecule has 0 amide bonds. The predicted octanol–water partition coefficient (Wildman–Crippen LogP) is 4.73. The van der Waals surface area contributed by atoms with Gasteiger partial charge in [-0.3, -0.25) is 0 Å². The number of benzene rings is 1. The van der Waals surface area contributed by atoms with Crippen molar-refractivity contribution in [3.05, 3.63) is 56.7 Å². The van der Waals surface area contributed by atoms with Crippen molar-refractivity contribution >= 4 is 39.1 Å². The molecule has 0 saturated carbocycles. The maximum Gasteiger partial charge on any atom is 0.133 e. The molecule has 2 aromatic rings. The number of pyridine rings is 1. The number of halogens is 3. The summed E-state index contributed by atoms with van der Waals surface area (Å²) >= 11 is 15.1. The molecule has 0 aliphatic rings. The van der Waals surface area contributed by atoms with Crippen LogP contribution in [-0.2, 0) is 6.61 Å². The van der Waals surface area contributed by atoms with Gasteiger partial charge in [0.1, 0.15) is 17.5 Å². The molecule has 2 nitrogen and oxygen atoms in total. The first-order valence-corrected chi connectivity index (χ1v) is 6.39. The molecule has 1 aromatic carbocycles. The van der Waals surface area contributed by atoms with E-state index in [1.54, 1.807) is 12.3 Å². The van der Waals surface area contributed by atoms with E-state index in [9.17, 15) is 0 Å². The molecular weight excluding hydrogens is 325 g/mol. The lowest BCUT2D eigenvalue weighted by Gasteiger charge is -2.08. The topological polar surface area (TPSA) is 22.1 Å². The third-order valence-corrected chi connectivity index (χ3v) is 3.33. The van der Waals surface area contributed by atoms with Gasteiger partial charge in [-0.05, 0) is 34.1 Å². The second-order valence-electron chi connectivity index (χ2n) is 3.32. The van der Waals surface area contributed by atoms with Gasteiger partial charge in [0, 0.05) is 11.8 Å². The largest absolute Gasteiger partial charge is 0.488 e. The van der Waals surface area contributed by atoms with Crippen molar-refractivity contribution < 1.29 is 4.74 Å². The van der Waals surface area contributed by atoms with Crippen LogP contribution in [0.1, 0.15) is 5.56 Å². The van der Waals surface area contributed by atoms with E-state index in [2.05, 4.69) is 20.9 Å². The Morgan fingerprint density at radius 1 is 1.24 bits per heavy atom. The van der Waals surface area contributed by atoms with Crippen molar-refractivity contribution in [2.45, 2.75) is 6.61 Å². The molecule has 88 valence electrons. The van der Waals surface area contributed by atoms with Gasteiger partial charge in [0.25, 0.3) is 0 Å². The van der Waals surface area contributed by atoms with Crippen LogP contribution in [0.5, 0.6) is 5.75 Å². The number of hydrogen-bond acceptors (Lipinski definition) is 2. The first kappa shape index (κ1) is 12.7. The maximum absolute atomic E-state index is 6.02. The van der Waals surface area contributed by atoms with Gasteiger partial charge in [-0.1, -0.05) is 35.3 Å². The van der Waals surface area contributed by atoms with Gasteiger partial charge in [0.05, 0.1) is 9.50 Å². The smallest absolute Gasteiger partial charge is 0.133 e. The molecular formula is C12H8BrCl2NO. The normalized spacial score (nSPS) is 10.3. The molecule has 1 aromatic heterocycles. The van der Waals surface area contributed by atoms with E-state index in [1.807, 2.05) is 24.3 Å². The molecule has 0 spiro atoms. The van der Waals surface area contributed by atoms with Crippen molar-refractivity contribution in [2.24, 2.45) is 0 Å². The molecule has 0 radical (unpaired) electrons. The van der Waals surface area contributed by atoms with Crippen LogP contribution in [0.15, 0.2) is 41.0 Å². The molecule has 0 aliphatic carbocycles. The zero-order valence-electron chi connectivity index (χ0n) is 8.66. The van der Waals surface area contributed by atoms with E-state index in [4.69, 9.17) is 27.9 Å². The molecule has 17 heavy (non-hydrogen) atoms. The minimum absolute atomic E-state index is 0.353. The summed E-state index contributed by atoms with van der Waals surface area (Å²) in [6.07, 6.45) is 1.61. The monoisotopic (exact) mass is 331 g/mol. The maximum atomic E-state index is 6.02. The van der Waals surface area contributed by atoms with Crippen LogP contribution >= 0.6 is 39.1 Å². The fourth-order valence-electron chi connectivity index (χ4n) is 1.26. The Hall–Kier alpha value is -0.770. The zero-order chi connectivity index (χ0) is 12.3. The van der Waals surface area contributed by atoms with Crippen molar-refractivity contribution in [3.63, 3.8) is 0 Å². The summed E-state index contributed by atoms with van der Waals surface area (Å²) in [7, 11) is 0. The number of rotatable bonds is 3. The second kappa shape index (κ2) is 5.71.